The molecule has 17 heavy (non-hydrogen) atoms. The maximum Gasteiger partial charge on any atom is 0.184 e. The quantitative estimate of drug-likeness (QED) is 0.739. The highest BCUT2D eigenvalue weighted by atomic mass is 16.1. The lowest BCUT2D eigenvalue weighted by atomic mass is 10.2. The Labute approximate surface area is 100 Å². The summed E-state index contributed by atoms with van der Waals surface area (Å²) in [5.74, 6) is 0.0619. The van der Waals surface area contributed by atoms with Crippen LogP contribution in [0.15, 0.2) is 36.5 Å². The standard InChI is InChI=1S/C13H15N3O/c1-2-6-13(17)12-10-16(15-14-12)9-11-7-4-3-5-8-11/h3-5,7-8,10H,2,6,9H2,1H3. The highest BCUT2D eigenvalue weighted by Gasteiger charge is 2.09. The summed E-state index contributed by atoms with van der Waals surface area (Å²) in [7, 11) is 0. The molecule has 0 bridgehead atoms. The van der Waals surface area contributed by atoms with E-state index >= 15 is 0 Å². The van der Waals surface area contributed by atoms with E-state index in [1.165, 1.54) is 0 Å². The van der Waals surface area contributed by atoms with E-state index in [1.807, 2.05) is 37.3 Å². The maximum absolute atomic E-state index is 11.6. The summed E-state index contributed by atoms with van der Waals surface area (Å²) in [4.78, 5) is 11.6. The summed E-state index contributed by atoms with van der Waals surface area (Å²) in [6.45, 7) is 2.62. The molecule has 1 heterocycles. The highest BCUT2D eigenvalue weighted by molar-refractivity contribution is 5.93. The van der Waals surface area contributed by atoms with Crippen LogP contribution in [0.2, 0.25) is 0 Å². The summed E-state index contributed by atoms with van der Waals surface area (Å²) in [6.07, 6.45) is 3.08. The molecular formula is C13H15N3O. The molecule has 0 saturated heterocycles. The first-order chi connectivity index (χ1) is 8.29. The third-order valence-electron chi connectivity index (χ3n) is 2.49. The van der Waals surface area contributed by atoms with Crippen molar-refractivity contribution in [3.05, 3.63) is 47.8 Å². The fourth-order valence-corrected chi connectivity index (χ4v) is 1.63. The third-order valence-corrected chi connectivity index (χ3v) is 2.49. The molecule has 0 radical (unpaired) electrons. The predicted octanol–water partition coefficient (Wildman–Crippen LogP) is 2.31. The van der Waals surface area contributed by atoms with Gasteiger partial charge in [0.05, 0.1) is 12.7 Å². The molecule has 0 fully saturated rings. The molecule has 88 valence electrons. The van der Waals surface area contributed by atoms with Gasteiger partial charge in [-0.15, -0.1) is 5.10 Å². The number of Topliss-reactive ketones (excluding diaryl/α,β-unsaturated/α-hetero) is 1. The molecule has 0 aliphatic heterocycles. The van der Waals surface area contributed by atoms with Gasteiger partial charge < -0.3 is 0 Å². The largest absolute Gasteiger partial charge is 0.292 e. The van der Waals surface area contributed by atoms with Crippen molar-refractivity contribution in [1.82, 2.24) is 15.0 Å². The monoisotopic (exact) mass is 229 g/mol. The second-order valence-corrected chi connectivity index (χ2v) is 3.96. The molecule has 0 aliphatic rings. The Morgan fingerprint density at radius 2 is 2.06 bits per heavy atom. The number of hydrogen-bond donors (Lipinski definition) is 0. The van der Waals surface area contributed by atoms with Crippen molar-refractivity contribution in [3.8, 4) is 0 Å². The number of rotatable bonds is 5. The Morgan fingerprint density at radius 3 is 2.76 bits per heavy atom. The molecule has 1 aromatic carbocycles. The minimum Gasteiger partial charge on any atom is -0.292 e. The van der Waals surface area contributed by atoms with Gasteiger partial charge in [0.1, 0.15) is 5.69 Å². The molecule has 2 aromatic rings. The Bertz CT molecular complexity index is 490. The van der Waals surface area contributed by atoms with Crippen molar-refractivity contribution in [1.29, 1.82) is 0 Å². The van der Waals surface area contributed by atoms with Gasteiger partial charge in [0.15, 0.2) is 5.78 Å². The first kappa shape index (κ1) is 11.5. The van der Waals surface area contributed by atoms with Crippen molar-refractivity contribution in [2.75, 3.05) is 0 Å². The van der Waals surface area contributed by atoms with Crippen LogP contribution in [0.5, 0.6) is 0 Å². The average molecular weight is 229 g/mol. The summed E-state index contributed by atoms with van der Waals surface area (Å²) < 4.78 is 1.69. The molecule has 4 heteroatoms. The summed E-state index contributed by atoms with van der Waals surface area (Å²) >= 11 is 0. The van der Waals surface area contributed by atoms with E-state index in [9.17, 15) is 4.79 Å². The van der Waals surface area contributed by atoms with Crippen molar-refractivity contribution >= 4 is 5.78 Å². The van der Waals surface area contributed by atoms with Crippen molar-refractivity contribution in [2.24, 2.45) is 0 Å². The van der Waals surface area contributed by atoms with Crippen LogP contribution in [0.1, 0.15) is 35.8 Å². The fourth-order valence-electron chi connectivity index (χ4n) is 1.63. The first-order valence-electron chi connectivity index (χ1n) is 5.77. The highest BCUT2D eigenvalue weighted by Crippen LogP contribution is 2.04. The average Bonchev–Trinajstić information content (AvgIpc) is 2.79. The molecule has 0 spiro atoms. The second kappa shape index (κ2) is 5.39. The zero-order chi connectivity index (χ0) is 12.1. The fraction of sp³-hybridized carbons (Fsp3) is 0.308. The Hall–Kier alpha value is -1.97. The van der Waals surface area contributed by atoms with Crippen LogP contribution < -0.4 is 0 Å². The minimum absolute atomic E-state index is 0.0619. The minimum atomic E-state index is 0.0619. The molecular weight excluding hydrogens is 214 g/mol. The molecule has 0 amide bonds. The van der Waals surface area contributed by atoms with Crippen LogP contribution in [-0.2, 0) is 6.54 Å². The molecule has 0 N–H and O–H groups in total. The number of nitrogens with zero attached hydrogens (tertiary/aromatic N) is 3. The van der Waals surface area contributed by atoms with Crippen molar-refractivity contribution in [2.45, 2.75) is 26.3 Å². The third kappa shape index (κ3) is 3.00. The van der Waals surface area contributed by atoms with E-state index in [2.05, 4.69) is 10.3 Å². The summed E-state index contributed by atoms with van der Waals surface area (Å²) in [5.41, 5.74) is 1.61. The van der Waals surface area contributed by atoms with Crippen molar-refractivity contribution in [3.63, 3.8) is 0 Å². The Balaban J connectivity index is 2.06. The zero-order valence-electron chi connectivity index (χ0n) is 9.84. The van der Waals surface area contributed by atoms with Gasteiger partial charge in [-0.05, 0) is 12.0 Å². The van der Waals surface area contributed by atoms with E-state index in [1.54, 1.807) is 10.9 Å². The number of hydrogen-bond acceptors (Lipinski definition) is 3. The van der Waals surface area contributed by atoms with Crippen LogP contribution >= 0.6 is 0 Å². The Kier molecular flexibility index (Phi) is 3.65. The summed E-state index contributed by atoms with van der Waals surface area (Å²) in [6, 6.07) is 9.98. The van der Waals surface area contributed by atoms with Gasteiger partial charge in [-0.1, -0.05) is 42.5 Å². The topological polar surface area (TPSA) is 47.8 Å². The van der Waals surface area contributed by atoms with Gasteiger partial charge in [0.2, 0.25) is 0 Å². The van der Waals surface area contributed by atoms with Crippen LogP contribution in [0.4, 0.5) is 0 Å². The number of carbonyl (C=O) groups excluding carboxylic acids is 1. The Morgan fingerprint density at radius 1 is 1.29 bits per heavy atom. The van der Waals surface area contributed by atoms with Gasteiger partial charge in [-0.25, -0.2) is 4.68 Å². The van der Waals surface area contributed by atoms with Gasteiger partial charge >= 0.3 is 0 Å². The number of carbonyl (C=O) groups is 1. The smallest absolute Gasteiger partial charge is 0.184 e. The van der Waals surface area contributed by atoms with Crippen LogP contribution in [0.25, 0.3) is 0 Å². The molecule has 0 atom stereocenters. The SMILES string of the molecule is CCCC(=O)c1cn(Cc2ccccc2)nn1. The molecule has 0 unspecified atom stereocenters. The molecule has 0 saturated carbocycles. The number of aromatic nitrogens is 3. The van der Waals surface area contributed by atoms with Gasteiger partial charge in [0.25, 0.3) is 0 Å². The van der Waals surface area contributed by atoms with E-state index in [0.29, 0.717) is 18.7 Å². The van der Waals surface area contributed by atoms with E-state index in [4.69, 9.17) is 0 Å². The van der Waals surface area contributed by atoms with Crippen molar-refractivity contribution < 1.29 is 4.79 Å². The van der Waals surface area contributed by atoms with Crippen LogP contribution in [0.3, 0.4) is 0 Å². The molecule has 0 aliphatic carbocycles. The van der Waals surface area contributed by atoms with Gasteiger partial charge in [-0.2, -0.15) is 0 Å². The summed E-state index contributed by atoms with van der Waals surface area (Å²) in [5, 5.41) is 7.85. The van der Waals surface area contributed by atoms with Gasteiger partial charge in [0, 0.05) is 6.42 Å². The van der Waals surface area contributed by atoms with Gasteiger partial charge in [-0.3, -0.25) is 4.79 Å². The zero-order valence-corrected chi connectivity index (χ0v) is 9.84. The number of benzene rings is 1. The van der Waals surface area contributed by atoms with Crippen LogP contribution in [0, 0.1) is 0 Å². The lowest BCUT2D eigenvalue weighted by Gasteiger charge is -1.99. The number of ketones is 1. The maximum atomic E-state index is 11.6. The predicted molar refractivity (Wildman–Crippen MR) is 64.8 cm³/mol. The van der Waals surface area contributed by atoms with E-state index < -0.39 is 0 Å². The first-order valence-corrected chi connectivity index (χ1v) is 5.77. The van der Waals surface area contributed by atoms with E-state index in [0.717, 1.165) is 12.0 Å². The molecule has 2 rings (SSSR count). The molecule has 4 nitrogen and oxygen atoms in total. The second-order valence-electron chi connectivity index (χ2n) is 3.96. The molecule has 1 aromatic heterocycles. The van der Waals surface area contributed by atoms with E-state index in [-0.39, 0.29) is 5.78 Å². The van der Waals surface area contributed by atoms with Crippen LogP contribution in [-0.4, -0.2) is 20.8 Å². The lowest BCUT2D eigenvalue weighted by Crippen LogP contribution is -2.00. The lowest BCUT2D eigenvalue weighted by molar-refractivity contribution is 0.0977. The normalized spacial score (nSPS) is 10.4.